The maximum absolute atomic E-state index is 13.1. The van der Waals surface area contributed by atoms with Gasteiger partial charge in [0.1, 0.15) is 24.4 Å². The number of hydrogen-bond donors (Lipinski definition) is 6. The first-order chi connectivity index (χ1) is 42.7. The Bertz CT molecular complexity index is 1450. The van der Waals surface area contributed by atoms with E-state index in [1.54, 1.807) is 6.08 Å². The third kappa shape index (κ3) is 54.7. The van der Waals surface area contributed by atoms with Crippen molar-refractivity contribution in [2.75, 3.05) is 19.8 Å². The lowest BCUT2D eigenvalue weighted by Crippen LogP contribution is -2.60. The summed E-state index contributed by atoms with van der Waals surface area (Å²) in [6, 6.07) is -0.805. The van der Waals surface area contributed by atoms with Crippen molar-refractivity contribution < 1.29 is 49.3 Å². The van der Waals surface area contributed by atoms with Crippen LogP contribution in [-0.2, 0) is 23.8 Å². The lowest BCUT2D eigenvalue weighted by molar-refractivity contribution is -0.302. The lowest BCUT2D eigenvalue weighted by atomic mass is 9.99. The van der Waals surface area contributed by atoms with Crippen LogP contribution >= 0.6 is 0 Å². The van der Waals surface area contributed by atoms with Gasteiger partial charge in [0.25, 0.3) is 0 Å². The third-order valence-electron chi connectivity index (χ3n) is 18.7. The van der Waals surface area contributed by atoms with Gasteiger partial charge >= 0.3 is 5.97 Å². The number of carbonyl (C=O) groups is 2. The number of rotatable bonds is 69. The van der Waals surface area contributed by atoms with Crippen molar-refractivity contribution in [3.8, 4) is 0 Å². The molecule has 7 atom stereocenters. The summed E-state index contributed by atoms with van der Waals surface area (Å²) in [6.45, 7) is 4.39. The second-order valence-electron chi connectivity index (χ2n) is 27.1. The number of amides is 1. The van der Waals surface area contributed by atoms with E-state index in [9.17, 15) is 35.1 Å². The standard InChI is InChI=1S/C76H147NO10/c1-3-5-7-9-11-13-15-42-46-50-54-58-62-69(79)68(67-86-76-75(84)74(83)73(82)70(66-78)87-76)77-71(80)63-59-55-51-47-43-40-38-36-34-32-30-28-26-24-22-20-18-17-19-21-23-25-27-29-31-33-35-37-39-41-45-49-53-57-61-65-85-72(81)64-60-56-52-48-44-16-14-12-10-8-6-4-2/h58,62,68-70,73-76,78-79,82-84H,3-57,59-61,63-67H2,1-2H3,(H,77,80)/b62-58+. The summed E-state index contributed by atoms with van der Waals surface area (Å²) in [4.78, 5) is 25.1. The van der Waals surface area contributed by atoms with Gasteiger partial charge in [-0.3, -0.25) is 9.59 Å². The molecule has 1 aliphatic heterocycles. The van der Waals surface area contributed by atoms with Crippen LogP contribution in [0.1, 0.15) is 399 Å². The first kappa shape index (κ1) is 83.4. The molecule has 7 unspecified atom stereocenters. The lowest BCUT2D eigenvalue weighted by Gasteiger charge is -2.40. The van der Waals surface area contributed by atoms with E-state index in [0.29, 0.717) is 19.4 Å². The minimum Gasteiger partial charge on any atom is -0.466 e. The number of nitrogens with one attached hydrogen (secondary N) is 1. The largest absolute Gasteiger partial charge is 0.466 e. The molecular formula is C76H147NO10. The SMILES string of the molecule is CCCCCCCCCCCC/C=C/C(O)C(COC1OC(CO)C(O)C(O)C1O)NC(=O)CCCCCCCCCCCCCCCCCCCCCCCCCCCCCCCCCCCCCOC(=O)CCCCCCCCCCCCCC. The molecule has 0 aromatic carbocycles. The van der Waals surface area contributed by atoms with Crippen molar-refractivity contribution in [3.05, 3.63) is 12.2 Å². The van der Waals surface area contributed by atoms with E-state index in [0.717, 1.165) is 51.4 Å². The predicted octanol–water partition coefficient (Wildman–Crippen LogP) is 20.2. The number of ether oxygens (including phenoxy) is 3. The number of unbranched alkanes of at least 4 members (excludes halogenated alkanes) is 55. The van der Waals surface area contributed by atoms with Crippen LogP contribution in [0.5, 0.6) is 0 Å². The molecule has 0 aromatic heterocycles. The molecule has 0 aromatic rings. The van der Waals surface area contributed by atoms with Crippen LogP contribution in [0.4, 0.5) is 0 Å². The Morgan fingerprint density at radius 3 is 1.07 bits per heavy atom. The van der Waals surface area contributed by atoms with Gasteiger partial charge < -0.3 is 45.1 Å². The van der Waals surface area contributed by atoms with E-state index in [2.05, 4.69) is 19.2 Å². The van der Waals surface area contributed by atoms with Gasteiger partial charge in [-0.05, 0) is 32.1 Å². The molecule has 0 bridgehead atoms. The summed E-state index contributed by atoms with van der Waals surface area (Å²) in [6.07, 6.45) is 72.3. The highest BCUT2D eigenvalue weighted by atomic mass is 16.7. The maximum atomic E-state index is 13.1. The van der Waals surface area contributed by atoms with Gasteiger partial charge in [-0.1, -0.05) is 366 Å². The molecule has 1 fully saturated rings. The van der Waals surface area contributed by atoms with E-state index >= 15 is 0 Å². The van der Waals surface area contributed by atoms with Gasteiger partial charge in [-0.15, -0.1) is 0 Å². The van der Waals surface area contributed by atoms with Crippen molar-refractivity contribution >= 4 is 11.9 Å². The fourth-order valence-corrected chi connectivity index (χ4v) is 12.6. The maximum Gasteiger partial charge on any atom is 0.305 e. The molecule has 516 valence electrons. The monoisotopic (exact) mass is 1230 g/mol. The van der Waals surface area contributed by atoms with Gasteiger partial charge in [0.2, 0.25) is 5.91 Å². The van der Waals surface area contributed by atoms with Crippen molar-refractivity contribution in [3.63, 3.8) is 0 Å². The molecule has 11 nitrogen and oxygen atoms in total. The Morgan fingerprint density at radius 1 is 0.414 bits per heavy atom. The van der Waals surface area contributed by atoms with Crippen LogP contribution in [0.3, 0.4) is 0 Å². The fourth-order valence-electron chi connectivity index (χ4n) is 12.6. The van der Waals surface area contributed by atoms with Gasteiger partial charge in [0.05, 0.1) is 32.0 Å². The topological polar surface area (TPSA) is 175 Å². The highest BCUT2D eigenvalue weighted by Crippen LogP contribution is 2.24. The van der Waals surface area contributed by atoms with Gasteiger partial charge in [0, 0.05) is 12.8 Å². The summed E-state index contributed by atoms with van der Waals surface area (Å²) in [7, 11) is 0. The van der Waals surface area contributed by atoms with Crippen LogP contribution in [-0.4, -0.2) is 100 Å². The van der Waals surface area contributed by atoms with Crippen LogP contribution in [0.2, 0.25) is 0 Å². The molecule has 11 heteroatoms. The van der Waals surface area contributed by atoms with Crippen LogP contribution < -0.4 is 5.32 Å². The zero-order valence-electron chi connectivity index (χ0n) is 57.5. The molecule has 0 spiro atoms. The summed E-state index contributed by atoms with van der Waals surface area (Å²) in [5.41, 5.74) is 0. The summed E-state index contributed by atoms with van der Waals surface area (Å²) in [5.74, 6) is -0.156. The Morgan fingerprint density at radius 2 is 0.724 bits per heavy atom. The Kier molecular flexibility index (Phi) is 63.2. The van der Waals surface area contributed by atoms with Crippen LogP contribution in [0, 0.1) is 0 Å². The molecule has 1 rings (SSSR count). The van der Waals surface area contributed by atoms with E-state index in [1.165, 1.54) is 321 Å². The minimum absolute atomic E-state index is 0.0175. The highest BCUT2D eigenvalue weighted by Gasteiger charge is 2.44. The van der Waals surface area contributed by atoms with Crippen LogP contribution in [0.15, 0.2) is 12.2 Å². The van der Waals surface area contributed by atoms with Crippen molar-refractivity contribution in [2.24, 2.45) is 0 Å². The number of carbonyl (C=O) groups excluding carboxylic acids is 2. The molecule has 1 aliphatic rings. The average Bonchev–Trinajstić information content (AvgIpc) is 1.87. The second-order valence-corrected chi connectivity index (χ2v) is 27.1. The average molecular weight is 1240 g/mol. The third-order valence-corrected chi connectivity index (χ3v) is 18.7. The summed E-state index contributed by atoms with van der Waals surface area (Å²) < 4.78 is 16.8. The van der Waals surface area contributed by atoms with E-state index in [4.69, 9.17) is 14.2 Å². The molecular weight excluding hydrogens is 1090 g/mol. The Labute approximate surface area is 538 Å². The van der Waals surface area contributed by atoms with E-state index < -0.39 is 49.5 Å². The van der Waals surface area contributed by atoms with Crippen molar-refractivity contribution in [2.45, 2.75) is 442 Å². The molecule has 0 radical (unpaired) electrons. The number of aliphatic hydroxyl groups excluding tert-OH is 5. The first-order valence-electron chi connectivity index (χ1n) is 38.5. The summed E-state index contributed by atoms with van der Waals surface area (Å²) >= 11 is 0. The van der Waals surface area contributed by atoms with E-state index in [1.807, 2.05) is 6.08 Å². The number of allylic oxidation sites excluding steroid dienone is 1. The van der Waals surface area contributed by atoms with Crippen LogP contribution in [0.25, 0.3) is 0 Å². The highest BCUT2D eigenvalue weighted by molar-refractivity contribution is 5.76. The molecule has 1 saturated heterocycles. The van der Waals surface area contributed by atoms with Crippen molar-refractivity contribution in [1.29, 1.82) is 0 Å². The molecule has 0 saturated carbocycles. The molecule has 1 amide bonds. The normalized spacial score (nSPS) is 17.8. The number of aliphatic hydroxyl groups is 5. The molecule has 87 heavy (non-hydrogen) atoms. The zero-order valence-corrected chi connectivity index (χ0v) is 57.5. The number of esters is 1. The van der Waals surface area contributed by atoms with Gasteiger partial charge in [0.15, 0.2) is 6.29 Å². The smallest absolute Gasteiger partial charge is 0.305 e. The van der Waals surface area contributed by atoms with Crippen molar-refractivity contribution in [1.82, 2.24) is 5.32 Å². The fraction of sp³-hybridized carbons (Fsp3) is 0.947. The van der Waals surface area contributed by atoms with Gasteiger partial charge in [-0.2, -0.15) is 0 Å². The second kappa shape index (κ2) is 65.9. The molecule has 1 heterocycles. The Hall–Kier alpha value is -1.60. The summed E-state index contributed by atoms with van der Waals surface area (Å²) in [5, 5.41) is 54.5. The quantitative estimate of drug-likeness (QED) is 0.0195. The zero-order chi connectivity index (χ0) is 63.0. The minimum atomic E-state index is -1.57. The predicted molar refractivity (Wildman–Crippen MR) is 366 cm³/mol. The number of hydrogen-bond acceptors (Lipinski definition) is 10. The molecule has 0 aliphatic carbocycles. The molecule has 6 N–H and O–H groups in total. The van der Waals surface area contributed by atoms with E-state index in [-0.39, 0.29) is 18.5 Å². The van der Waals surface area contributed by atoms with Gasteiger partial charge in [-0.25, -0.2) is 0 Å². The first-order valence-corrected chi connectivity index (χ1v) is 38.5. The Balaban J connectivity index is 1.89.